The zero-order valence-electron chi connectivity index (χ0n) is 17.8. The first-order valence-corrected chi connectivity index (χ1v) is 11.2. The van der Waals surface area contributed by atoms with Crippen LogP contribution in [0.5, 0.6) is 11.5 Å². The average Bonchev–Trinajstić information content (AvgIpc) is 2.94. The van der Waals surface area contributed by atoms with Gasteiger partial charge in [-0.15, -0.1) is 0 Å². The Bertz CT molecular complexity index is 952. The second kappa shape index (κ2) is 8.30. The molecule has 0 amide bonds. The maximum Gasteiger partial charge on any atom is 0.281 e. The van der Waals surface area contributed by atoms with Gasteiger partial charge in [0.1, 0.15) is 5.82 Å². The summed E-state index contributed by atoms with van der Waals surface area (Å²) in [4.78, 5) is 8.84. The lowest BCUT2D eigenvalue weighted by Gasteiger charge is -2.30. The molecule has 3 rings (SSSR count). The van der Waals surface area contributed by atoms with Crippen LogP contribution >= 0.6 is 7.52 Å². The first kappa shape index (κ1) is 21.6. The molecule has 0 spiro atoms. The Balaban J connectivity index is 2.01. The Morgan fingerprint density at radius 2 is 2.14 bits per heavy atom. The van der Waals surface area contributed by atoms with Crippen LogP contribution in [0.15, 0.2) is 18.3 Å². The van der Waals surface area contributed by atoms with E-state index in [1.807, 2.05) is 38.6 Å². The summed E-state index contributed by atoms with van der Waals surface area (Å²) in [5.41, 5.74) is 2.55. The molecule has 1 aromatic carbocycles. The first-order chi connectivity index (χ1) is 13.7. The van der Waals surface area contributed by atoms with Crippen LogP contribution in [0.4, 0.5) is 5.82 Å². The molecule has 8 nitrogen and oxygen atoms in total. The van der Waals surface area contributed by atoms with E-state index >= 15 is 0 Å². The molecule has 1 aliphatic heterocycles. The molecule has 1 saturated heterocycles. The van der Waals surface area contributed by atoms with Crippen LogP contribution in [-0.2, 0) is 9.09 Å². The second-order valence-corrected chi connectivity index (χ2v) is 10.2. The van der Waals surface area contributed by atoms with Gasteiger partial charge in [0.05, 0.1) is 37.0 Å². The van der Waals surface area contributed by atoms with Gasteiger partial charge in [-0.3, -0.25) is 9.55 Å². The fourth-order valence-corrected chi connectivity index (χ4v) is 6.20. The molecule has 2 N–H and O–H groups in total. The van der Waals surface area contributed by atoms with E-state index in [2.05, 4.69) is 15.3 Å². The minimum atomic E-state index is -3.19. The van der Waals surface area contributed by atoms with E-state index in [-0.39, 0.29) is 11.8 Å². The number of aromatic nitrogens is 2. The molecule has 9 heteroatoms. The maximum atomic E-state index is 13.9. The summed E-state index contributed by atoms with van der Waals surface area (Å²) >= 11 is 0. The summed E-state index contributed by atoms with van der Waals surface area (Å²) in [5, 5.41) is 13.5. The van der Waals surface area contributed by atoms with E-state index in [4.69, 9.17) is 9.26 Å². The van der Waals surface area contributed by atoms with Gasteiger partial charge in [0, 0.05) is 12.6 Å². The van der Waals surface area contributed by atoms with Crippen LogP contribution in [0.1, 0.15) is 35.1 Å². The number of methoxy groups -OCH3 is 1. The largest absolute Gasteiger partial charge is 0.504 e. The van der Waals surface area contributed by atoms with Gasteiger partial charge in [-0.05, 0) is 51.9 Å². The van der Waals surface area contributed by atoms with Gasteiger partial charge in [0.2, 0.25) is 0 Å². The molecule has 0 bridgehead atoms. The number of phenols is 1. The molecular weight excluding hydrogens is 391 g/mol. The Hall–Kier alpha value is -2.15. The van der Waals surface area contributed by atoms with Gasteiger partial charge in [0.15, 0.2) is 11.5 Å². The van der Waals surface area contributed by atoms with Crippen molar-refractivity contribution >= 4 is 13.3 Å². The molecule has 1 aliphatic rings. The smallest absolute Gasteiger partial charge is 0.281 e. The number of nitrogens with zero attached hydrogens (tertiary/aromatic N) is 3. The molecule has 2 aromatic rings. The van der Waals surface area contributed by atoms with E-state index in [1.54, 1.807) is 19.2 Å². The number of likely N-dealkylation sites (N-methyl/N-ethyl adjacent to an activating group) is 1. The Kier molecular flexibility index (Phi) is 6.17. The number of ether oxygens (including phenoxy) is 1. The summed E-state index contributed by atoms with van der Waals surface area (Å²) < 4.78 is 26.9. The Morgan fingerprint density at radius 3 is 2.72 bits per heavy atom. The number of nitrogens with one attached hydrogen (secondary N) is 1. The zero-order valence-corrected chi connectivity index (χ0v) is 18.7. The molecule has 1 fully saturated rings. The number of phenolic OH excluding ortho intramolecular Hbond substituents is 1. The highest BCUT2D eigenvalue weighted by molar-refractivity contribution is 7.57. The van der Waals surface area contributed by atoms with Gasteiger partial charge in [-0.1, -0.05) is 6.07 Å². The van der Waals surface area contributed by atoms with Crippen LogP contribution in [0, 0.1) is 20.8 Å². The Labute approximate surface area is 171 Å². The van der Waals surface area contributed by atoms with E-state index in [9.17, 15) is 9.67 Å². The number of aromatic hydroxyl groups is 1. The molecule has 0 saturated carbocycles. The van der Waals surface area contributed by atoms with Crippen LogP contribution < -0.4 is 10.1 Å². The number of hydrogen-bond acceptors (Lipinski definition) is 7. The van der Waals surface area contributed by atoms with E-state index in [0.717, 1.165) is 17.0 Å². The van der Waals surface area contributed by atoms with Crippen LogP contribution in [0.2, 0.25) is 0 Å². The summed E-state index contributed by atoms with van der Waals surface area (Å²) in [6, 6.07) is 3.60. The predicted molar refractivity (Wildman–Crippen MR) is 113 cm³/mol. The van der Waals surface area contributed by atoms with Crippen molar-refractivity contribution in [3.8, 4) is 11.5 Å². The minimum absolute atomic E-state index is 0.0457. The fraction of sp³-hybridized carbons (Fsp3) is 0.500. The minimum Gasteiger partial charge on any atom is -0.504 e. The number of aryl methyl sites for hydroxylation is 3. The lowest BCUT2D eigenvalue weighted by Crippen LogP contribution is -2.25. The number of rotatable bonds is 6. The van der Waals surface area contributed by atoms with Crippen molar-refractivity contribution in [3.05, 3.63) is 40.8 Å². The van der Waals surface area contributed by atoms with Crippen LogP contribution in [0.25, 0.3) is 0 Å². The van der Waals surface area contributed by atoms with Crippen molar-refractivity contribution in [2.24, 2.45) is 0 Å². The molecule has 29 heavy (non-hydrogen) atoms. The van der Waals surface area contributed by atoms with E-state index in [1.165, 1.54) is 7.11 Å². The van der Waals surface area contributed by atoms with E-state index < -0.39 is 13.2 Å². The third-order valence-electron chi connectivity index (χ3n) is 5.39. The normalized spacial score (nSPS) is 23.2. The van der Waals surface area contributed by atoms with Crippen molar-refractivity contribution in [2.45, 2.75) is 39.4 Å². The predicted octanol–water partition coefficient (Wildman–Crippen LogP) is 3.81. The van der Waals surface area contributed by atoms with Crippen molar-refractivity contribution in [1.82, 2.24) is 14.6 Å². The molecule has 3 atom stereocenters. The fourth-order valence-electron chi connectivity index (χ4n) is 3.51. The maximum absolute atomic E-state index is 13.9. The van der Waals surface area contributed by atoms with Crippen molar-refractivity contribution < 1.29 is 18.9 Å². The lowest BCUT2D eigenvalue weighted by atomic mass is 10.1. The third-order valence-corrected chi connectivity index (χ3v) is 8.46. The van der Waals surface area contributed by atoms with Crippen LogP contribution in [-0.4, -0.2) is 53.1 Å². The summed E-state index contributed by atoms with van der Waals surface area (Å²) in [5.74, 6) is 1.07. The standard InChI is InChI=1S/C20H29N4O4P/c1-12-7-16(8-17(27-6)19(12)25)18(29(26)24(5)14(3)11-28-29)10-22-20-15(4)23-13(2)9-21-20/h7-9,14,18,25H,10-11H2,1-6H3,(H,21,22)/t14-,18?,29?/m0/s1. The monoisotopic (exact) mass is 420 g/mol. The van der Waals surface area contributed by atoms with Crippen molar-refractivity contribution in [3.63, 3.8) is 0 Å². The number of benzene rings is 1. The van der Waals surface area contributed by atoms with Gasteiger partial charge in [-0.25, -0.2) is 9.65 Å². The molecular formula is C20H29N4O4P. The highest BCUT2D eigenvalue weighted by atomic mass is 31.2. The molecule has 1 aromatic heterocycles. The molecule has 0 aliphatic carbocycles. The summed E-state index contributed by atoms with van der Waals surface area (Å²) in [6.07, 6.45) is 1.69. The third kappa shape index (κ3) is 4.10. The Morgan fingerprint density at radius 1 is 1.41 bits per heavy atom. The summed E-state index contributed by atoms with van der Waals surface area (Å²) in [6.45, 7) is 8.29. The topological polar surface area (TPSA) is 96.8 Å². The highest BCUT2D eigenvalue weighted by Crippen LogP contribution is 2.66. The van der Waals surface area contributed by atoms with Gasteiger partial charge < -0.3 is 19.7 Å². The SMILES string of the molecule is COc1cc(C(CNc2ncc(C)nc2C)P2(=O)OC[C@H](C)N2C)cc(C)c1O. The number of anilines is 1. The molecule has 2 unspecified atom stereocenters. The van der Waals surface area contributed by atoms with Crippen LogP contribution in [0.3, 0.4) is 0 Å². The number of hydrogen-bond donors (Lipinski definition) is 2. The summed E-state index contributed by atoms with van der Waals surface area (Å²) in [7, 11) is 0.135. The first-order valence-electron chi connectivity index (χ1n) is 9.56. The molecule has 0 radical (unpaired) electrons. The highest BCUT2D eigenvalue weighted by Gasteiger charge is 2.46. The van der Waals surface area contributed by atoms with Crippen molar-refractivity contribution in [1.29, 1.82) is 0 Å². The molecule has 158 valence electrons. The lowest BCUT2D eigenvalue weighted by molar-refractivity contribution is 0.329. The van der Waals surface area contributed by atoms with Gasteiger partial charge in [-0.2, -0.15) is 0 Å². The average molecular weight is 420 g/mol. The second-order valence-electron chi connectivity index (χ2n) is 7.51. The zero-order chi connectivity index (χ0) is 21.3. The quantitative estimate of drug-likeness (QED) is 0.681. The molecule has 2 heterocycles. The van der Waals surface area contributed by atoms with Crippen molar-refractivity contribution in [2.75, 3.05) is 32.6 Å². The van der Waals surface area contributed by atoms with Gasteiger partial charge in [0.25, 0.3) is 7.52 Å². The van der Waals surface area contributed by atoms with E-state index in [0.29, 0.717) is 30.3 Å². The van der Waals surface area contributed by atoms with Gasteiger partial charge >= 0.3 is 0 Å².